The second-order valence-corrected chi connectivity index (χ2v) is 10.1. The molecule has 0 atom stereocenters. The number of urea groups is 1. The van der Waals surface area contributed by atoms with Gasteiger partial charge in [-0.1, -0.05) is 13.8 Å². The number of sulfonamides is 1. The number of aryl methyl sites for hydroxylation is 1. The fraction of sp³-hybridized carbons (Fsp3) is 0.304. The van der Waals surface area contributed by atoms with Gasteiger partial charge in [-0.2, -0.15) is 18.8 Å². The summed E-state index contributed by atoms with van der Waals surface area (Å²) in [6, 6.07) is 7.78. The van der Waals surface area contributed by atoms with E-state index in [1.165, 1.54) is 35.1 Å². The number of nitriles is 1. The van der Waals surface area contributed by atoms with Gasteiger partial charge < -0.3 is 10.2 Å². The summed E-state index contributed by atoms with van der Waals surface area (Å²) >= 11 is 0. The average Bonchev–Trinajstić information content (AvgIpc) is 3.14. The molecule has 2 N–H and O–H groups in total. The van der Waals surface area contributed by atoms with Gasteiger partial charge in [0, 0.05) is 31.4 Å². The highest BCUT2D eigenvalue weighted by atomic mass is 32.2. The number of hydrogen-bond donors (Lipinski definition) is 2. The maximum absolute atomic E-state index is 14.5. The predicted molar refractivity (Wildman–Crippen MR) is 128 cm³/mol. The van der Waals surface area contributed by atoms with Crippen LogP contribution in [0.5, 0.6) is 0 Å². The number of aromatic nitrogens is 3. The van der Waals surface area contributed by atoms with Crippen molar-refractivity contribution >= 4 is 21.7 Å². The summed E-state index contributed by atoms with van der Waals surface area (Å²) in [5, 5.41) is 15.5. The van der Waals surface area contributed by atoms with Crippen LogP contribution in [0.4, 0.5) is 14.9 Å². The van der Waals surface area contributed by atoms with E-state index in [4.69, 9.17) is 0 Å². The minimum Gasteiger partial charge on any atom is -0.306 e. The van der Waals surface area contributed by atoms with Gasteiger partial charge in [-0.3, -0.25) is 4.68 Å². The Labute approximate surface area is 203 Å². The molecule has 3 aromatic rings. The number of amides is 2. The molecular weight excluding hydrogens is 473 g/mol. The van der Waals surface area contributed by atoms with Crippen LogP contribution in [0.3, 0.4) is 0 Å². The van der Waals surface area contributed by atoms with Crippen molar-refractivity contribution in [1.29, 1.82) is 5.26 Å². The number of anilines is 1. The molecule has 2 heterocycles. The van der Waals surface area contributed by atoms with Crippen LogP contribution in [0.15, 0.2) is 41.6 Å². The smallest absolute Gasteiger partial charge is 0.306 e. The molecule has 0 aliphatic rings. The molecule has 0 aliphatic heterocycles. The van der Waals surface area contributed by atoms with Gasteiger partial charge in [0.1, 0.15) is 17.6 Å². The summed E-state index contributed by atoms with van der Waals surface area (Å²) in [5.41, 5.74) is 2.15. The molecule has 0 radical (unpaired) electrons. The van der Waals surface area contributed by atoms with E-state index < -0.39 is 21.9 Å². The quantitative estimate of drug-likeness (QED) is 0.510. The number of pyridine rings is 1. The van der Waals surface area contributed by atoms with E-state index in [0.29, 0.717) is 23.4 Å². The number of carbonyl (C=O) groups excluding carboxylic acids is 1. The first-order valence-corrected chi connectivity index (χ1v) is 12.1. The van der Waals surface area contributed by atoms with Crippen LogP contribution in [0.1, 0.15) is 36.7 Å². The summed E-state index contributed by atoms with van der Waals surface area (Å²) in [6.45, 7) is 4.08. The number of benzene rings is 1. The highest BCUT2D eigenvalue weighted by Crippen LogP contribution is 2.36. The van der Waals surface area contributed by atoms with Crippen LogP contribution >= 0.6 is 0 Å². The Morgan fingerprint density at radius 2 is 1.97 bits per heavy atom. The van der Waals surface area contributed by atoms with Gasteiger partial charge in [0.25, 0.3) is 10.0 Å². The monoisotopic (exact) mass is 499 g/mol. The molecule has 35 heavy (non-hydrogen) atoms. The Morgan fingerprint density at radius 1 is 1.26 bits per heavy atom. The van der Waals surface area contributed by atoms with Crippen molar-refractivity contribution in [3.8, 4) is 17.2 Å². The molecule has 0 saturated heterocycles. The third kappa shape index (κ3) is 6.00. The third-order valence-corrected chi connectivity index (χ3v) is 6.32. The lowest BCUT2D eigenvalue weighted by molar-refractivity contribution is 0.256. The van der Waals surface area contributed by atoms with E-state index >= 15 is 0 Å². The number of halogens is 1. The Kier molecular flexibility index (Phi) is 7.52. The minimum absolute atomic E-state index is 0.111. The second kappa shape index (κ2) is 10.2. The zero-order valence-corrected chi connectivity index (χ0v) is 20.8. The Bertz CT molecular complexity index is 1410. The number of rotatable bonds is 7. The van der Waals surface area contributed by atoms with Gasteiger partial charge in [-0.25, -0.2) is 18.9 Å². The number of hydrogen-bond acceptors (Lipinski definition) is 7. The van der Waals surface area contributed by atoms with Crippen molar-refractivity contribution in [2.45, 2.75) is 31.3 Å². The van der Waals surface area contributed by atoms with Crippen molar-refractivity contribution in [1.82, 2.24) is 24.4 Å². The highest BCUT2D eigenvalue weighted by molar-refractivity contribution is 7.90. The van der Waals surface area contributed by atoms with E-state index in [2.05, 4.69) is 15.4 Å². The molecule has 1 aromatic carbocycles. The highest BCUT2D eigenvalue weighted by Gasteiger charge is 2.24. The van der Waals surface area contributed by atoms with Crippen LogP contribution in [-0.4, -0.2) is 48.2 Å². The molecule has 0 spiro atoms. The third-order valence-electron chi connectivity index (χ3n) is 5.11. The molecular formula is C23H26FN7O3S. The van der Waals surface area contributed by atoms with Crippen molar-refractivity contribution in [2.75, 3.05) is 19.4 Å². The molecule has 0 aliphatic carbocycles. The SMILES string of the molecule is CC(C)c1cc(F)cc(-c2ccnc(C#N)c2)c1NC(=O)NS(=O)(=O)c1cc(CN(C)C)n(C)n1. The first-order valence-electron chi connectivity index (χ1n) is 10.6. The summed E-state index contributed by atoms with van der Waals surface area (Å²) < 4.78 is 43.5. The van der Waals surface area contributed by atoms with Crippen LogP contribution in [-0.2, 0) is 23.6 Å². The maximum Gasteiger partial charge on any atom is 0.333 e. The van der Waals surface area contributed by atoms with Gasteiger partial charge in [-0.05, 0) is 55.4 Å². The van der Waals surface area contributed by atoms with Crippen LogP contribution in [0.2, 0.25) is 0 Å². The Hall–Kier alpha value is -3.82. The lowest BCUT2D eigenvalue weighted by Crippen LogP contribution is -2.35. The fourth-order valence-corrected chi connectivity index (χ4v) is 4.42. The fourth-order valence-electron chi connectivity index (χ4n) is 3.50. The molecule has 3 rings (SSSR count). The molecule has 12 heteroatoms. The summed E-state index contributed by atoms with van der Waals surface area (Å²) in [7, 11) is 0.997. The largest absolute Gasteiger partial charge is 0.333 e. The normalized spacial score (nSPS) is 11.5. The number of nitrogens with zero attached hydrogens (tertiary/aromatic N) is 5. The zero-order chi connectivity index (χ0) is 25.9. The molecule has 0 unspecified atom stereocenters. The maximum atomic E-state index is 14.5. The van der Waals surface area contributed by atoms with Crippen LogP contribution < -0.4 is 10.0 Å². The van der Waals surface area contributed by atoms with Crippen LogP contribution in [0.25, 0.3) is 11.1 Å². The van der Waals surface area contributed by atoms with E-state index in [0.717, 1.165) is 0 Å². The minimum atomic E-state index is -4.29. The molecule has 184 valence electrons. The predicted octanol–water partition coefficient (Wildman–Crippen LogP) is 3.19. The molecule has 0 bridgehead atoms. The molecule has 0 saturated carbocycles. The zero-order valence-electron chi connectivity index (χ0n) is 20.0. The lowest BCUT2D eigenvalue weighted by atomic mass is 9.94. The van der Waals surface area contributed by atoms with E-state index in [1.807, 2.05) is 43.6 Å². The van der Waals surface area contributed by atoms with E-state index in [-0.39, 0.29) is 27.9 Å². The van der Waals surface area contributed by atoms with Gasteiger partial charge >= 0.3 is 6.03 Å². The molecule has 2 aromatic heterocycles. The molecule has 10 nitrogen and oxygen atoms in total. The van der Waals surface area contributed by atoms with Crippen molar-refractivity contribution in [3.63, 3.8) is 0 Å². The number of nitrogens with one attached hydrogen (secondary N) is 2. The van der Waals surface area contributed by atoms with Crippen molar-refractivity contribution < 1.29 is 17.6 Å². The van der Waals surface area contributed by atoms with Crippen LogP contribution in [0, 0.1) is 17.1 Å². The first-order chi connectivity index (χ1) is 16.4. The van der Waals surface area contributed by atoms with Crippen molar-refractivity contribution in [3.05, 3.63) is 59.3 Å². The Balaban J connectivity index is 1.97. The summed E-state index contributed by atoms with van der Waals surface area (Å²) in [4.78, 5) is 18.6. The van der Waals surface area contributed by atoms with Crippen molar-refractivity contribution in [2.24, 2.45) is 7.05 Å². The van der Waals surface area contributed by atoms with Gasteiger partial charge in [0.05, 0.1) is 11.4 Å². The first kappa shape index (κ1) is 25.8. The van der Waals surface area contributed by atoms with E-state index in [1.54, 1.807) is 13.1 Å². The summed E-state index contributed by atoms with van der Waals surface area (Å²) in [5.74, 6) is -0.752. The molecule has 0 fully saturated rings. The average molecular weight is 500 g/mol. The van der Waals surface area contributed by atoms with Gasteiger partial charge in [0.2, 0.25) is 0 Å². The topological polar surface area (TPSA) is 133 Å². The standard InChI is InChI=1S/C23H26FN7O3S/c1-14(2)19-9-16(24)10-20(15-6-7-26-17(8-15)12-25)22(19)27-23(32)29-35(33,34)21-11-18(13-30(3)4)31(5)28-21/h6-11,14H,13H2,1-5H3,(H2,27,29,32). The second-order valence-electron chi connectivity index (χ2n) is 8.51. The summed E-state index contributed by atoms with van der Waals surface area (Å²) in [6.07, 6.45) is 1.40. The van der Waals surface area contributed by atoms with Gasteiger partial charge in [0.15, 0.2) is 5.03 Å². The van der Waals surface area contributed by atoms with Gasteiger partial charge in [-0.15, -0.1) is 0 Å². The Morgan fingerprint density at radius 3 is 2.60 bits per heavy atom. The lowest BCUT2D eigenvalue weighted by Gasteiger charge is -2.19. The molecule has 2 amide bonds. The van der Waals surface area contributed by atoms with E-state index in [9.17, 15) is 22.9 Å². The number of carbonyl (C=O) groups is 1.